The number of carbonyl (C=O) groups is 2. The van der Waals surface area contributed by atoms with Gasteiger partial charge in [0.25, 0.3) is 0 Å². The molecule has 0 aliphatic carbocycles. The molecule has 146 valence electrons. The number of furan rings is 1. The maximum Gasteiger partial charge on any atom is 0.394 e. The first-order valence-electron chi connectivity index (χ1n) is 8.09. The fraction of sp³-hybridized carbons (Fsp3) is 0.412. The summed E-state index contributed by atoms with van der Waals surface area (Å²) >= 11 is 0. The van der Waals surface area contributed by atoms with E-state index in [0.717, 1.165) is 4.90 Å². The number of nitrogens with one attached hydrogen (secondary N) is 1. The lowest BCUT2D eigenvalue weighted by atomic mass is 9.96. The van der Waals surface area contributed by atoms with Crippen LogP contribution in [-0.4, -0.2) is 48.4 Å². The second-order valence-corrected chi connectivity index (χ2v) is 6.21. The first-order valence-corrected chi connectivity index (χ1v) is 8.09. The minimum Gasteiger partial charge on any atom is -0.492 e. The lowest BCUT2D eigenvalue weighted by molar-refractivity contribution is -0.187. The van der Waals surface area contributed by atoms with Crippen LogP contribution in [0.4, 0.5) is 18.0 Å². The van der Waals surface area contributed by atoms with Gasteiger partial charge in [-0.2, -0.15) is 13.2 Å². The number of hydrogen-bond acceptors (Lipinski definition) is 4. The highest BCUT2D eigenvalue weighted by atomic mass is 19.4. The molecule has 0 unspecified atom stereocenters. The molecule has 0 spiro atoms. The van der Waals surface area contributed by atoms with Crippen LogP contribution in [0.3, 0.4) is 0 Å². The molecule has 1 aliphatic heterocycles. The first-order chi connectivity index (χ1) is 12.7. The number of carboxylic acid groups (broad SMARTS) is 1. The SMILES string of the molecule is COc1c(CNC(=O)N2C[C@@H](C(F)(F)F)[C@H](C(=O)O)C2)oc2ccccc12. The van der Waals surface area contributed by atoms with Gasteiger partial charge < -0.3 is 24.5 Å². The van der Waals surface area contributed by atoms with E-state index in [4.69, 9.17) is 14.3 Å². The number of alkyl halides is 3. The molecule has 1 aromatic heterocycles. The van der Waals surface area contributed by atoms with Gasteiger partial charge >= 0.3 is 18.2 Å². The molecule has 27 heavy (non-hydrogen) atoms. The summed E-state index contributed by atoms with van der Waals surface area (Å²) in [5.41, 5.74) is 0.544. The van der Waals surface area contributed by atoms with Gasteiger partial charge in [0.15, 0.2) is 11.5 Å². The lowest BCUT2D eigenvalue weighted by Gasteiger charge is -2.18. The molecule has 2 aromatic rings. The van der Waals surface area contributed by atoms with E-state index in [-0.39, 0.29) is 6.54 Å². The Balaban J connectivity index is 1.71. The zero-order valence-corrected chi connectivity index (χ0v) is 14.2. The van der Waals surface area contributed by atoms with Crippen LogP contribution < -0.4 is 10.1 Å². The summed E-state index contributed by atoms with van der Waals surface area (Å²) in [6.45, 7) is -1.33. The van der Waals surface area contributed by atoms with E-state index in [2.05, 4.69) is 5.32 Å². The van der Waals surface area contributed by atoms with E-state index in [1.54, 1.807) is 24.3 Å². The Kier molecular flexibility index (Phi) is 4.90. The molecule has 2 N–H and O–H groups in total. The maximum absolute atomic E-state index is 13.0. The van der Waals surface area contributed by atoms with Crippen molar-refractivity contribution in [2.75, 3.05) is 20.2 Å². The molecule has 2 heterocycles. The second-order valence-electron chi connectivity index (χ2n) is 6.21. The molecular weight excluding hydrogens is 369 g/mol. The third kappa shape index (κ3) is 3.64. The van der Waals surface area contributed by atoms with Gasteiger partial charge in [0.2, 0.25) is 0 Å². The monoisotopic (exact) mass is 386 g/mol. The second kappa shape index (κ2) is 7.01. The summed E-state index contributed by atoms with van der Waals surface area (Å²) in [7, 11) is 1.44. The third-order valence-corrected chi connectivity index (χ3v) is 4.57. The number of aliphatic carboxylic acids is 1. The van der Waals surface area contributed by atoms with Crippen LogP contribution in [0.25, 0.3) is 11.0 Å². The molecule has 1 saturated heterocycles. The van der Waals surface area contributed by atoms with E-state index in [9.17, 15) is 22.8 Å². The summed E-state index contributed by atoms with van der Waals surface area (Å²) in [5.74, 6) is -4.62. The Bertz CT molecular complexity index is 864. The fourth-order valence-electron chi connectivity index (χ4n) is 3.23. The van der Waals surface area contributed by atoms with Gasteiger partial charge in [-0.25, -0.2) is 4.79 Å². The van der Waals surface area contributed by atoms with Gasteiger partial charge in [-0.1, -0.05) is 12.1 Å². The minimum absolute atomic E-state index is 0.110. The average molecular weight is 386 g/mol. The molecule has 0 radical (unpaired) electrons. The highest BCUT2D eigenvalue weighted by Gasteiger charge is 2.53. The number of rotatable bonds is 4. The van der Waals surface area contributed by atoms with Crippen molar-refractivity contribution in [3.63, 3.8) is 0 Å². The smallest absolute Gasteiger partial charge is 0.394 e. The molecule has 7 nitrogen and oxygen atoms in total. The molecule has 2 atom stereocenters. The van der Waals surface area contributed by atoms with Crippen molar-refractivity contribution in [2.45, 2.75) is 12.7 Å². The van der Waals surface area contributed by atoms with Crippen molar-refractivity contribution >= 4 is 23.0 Å². The number of carboxylic acids is 1. The van der Waals surface area contributed by atoms with Gasteiger partial charge in [-0.05, 0) is 12.1 Å². The van der Waals surface area contributed by atoms with Crippen molar-refractivity contribution in [3.8, 4) is 5.75 Å². The number of nitrogens with zero attached hydrogens (tertiary/aromatic N) is 1. The predicted octanol–water partition coefficient (Wildman–Crippen LogP) is 2.85. The Labute approximate surface area is 151 Å². The van der Waals surface area contributed by atoms with E-state index in [1.807, 2.05) is 0 Å². The molecule has 1 aliphatic rings. The standard InChI is InChI=1S/C17H17F3N2O5/c1-26-14-9-4-2-3-5-12(9)27-13(14)6-21-16(25)22-7-10(15(23)24)11(8-22)17(18,19)20/h2-5,10-11H,6-8H2,1H3,(H,21,25)(H,23,24)/t10-,11-/m1/s1. The minimum atomic E-state index is -4.69. The van der Waals surface area contributed by atoms with Crippen LogP contribution in [0.15, 0.2) is 28.7 Å². The highest BCUT2D eigenvalue weighted by Crippen LogP contribution is 2.38. The molecule has 2 amide bonds. The molecule has 1 fully saturated rings. The Morgan fingerprint density at radius 2 is 2.04 bits per heavy atom. The number of urea groups is 1. The van der Waals surface area contributed by atoms with Crippen LogP contribution in [0.1, 0.15) is 5.76 Å². The largest absolute Gasteiger partial charge is 0.492 e. The van der Waals surface area contributed by atoms with E-state index in [0.29, 0.717) is 22.5 Å². The number of hydrogen-bond donors (Lipinski definition) is 2. The van der Waals surface area contributed by atoms with E-state index in [1.165, 1.54) is 7.11 Å². The van der Waals surface area contributed by atoms with Crippen molar-refractivity contribution < 1.29 is 37.0 Å². The zero-order chi connectivity index (χ0) is 19.8. The van der Waals surface area contributed by atoms with E-state index >= 15 is 0 Å². The van der Waals surface area contributed by atoms with Crippen molar-refractivity contribution in [3.05, 3.63) is 30.0 Å². The van der Waals surface area contributed by atoms with Crippen LogP contribution in [-0.2, 0) is 11.3 Å². The van der Waals surface area contributed by atoms with Gasteiger partial charge in [-0.15, -0.1) is 0 Å². The number of likely N-dealkylation sites (tertiary alicyclic amines) is 1. The molecule has 1 aromatic carbocycles. The van der Waals surface area contributed by atoms with E-state index < -0.39 is 43.1 Å². The van der Waals surface area contributed by atoms with Gasteiger partial charge in [0.05, 0.1) is 30.9 Å². The van der Waals surface area contributed by atoms with Crippen LogP contribution in [0, 0.1) is 11.8 Å². The number of carbonyl (C=O) groups excluding carboxylic acids is 1. The fourth-order valence-corrected chi connectivity index (χ4v) is 3.23. The number of halogens is 3. The Hall–Kier alpha value is -2.91. The summed E-state index contributed by atoms with van der Waals surface area (Å²) in [4.78, 5) is 24.2. The average Bonchev–Trinajstić information content (AvgIpc) is 3.21. The quantitative estimate of drug-likeness (QED) is 0.843. The maximum atomic E-state index is 13.0. The highest BCUT2D eigenvalue weighted by molar-refractivity contribution is 5.85. The van der Waals surface area contributed by atoms with Gasteiger partial charge in [0, 0.05) is 13.1 Å². The number of methoxy groups -OCH3 is 1. The Morgan fingerprint density at radius 3 is 2.63 bits per heavy atom. The molecular formula is C17H17F3N2O5. The summed E-state index contributed by atoms with van der Waals surface area (Å²) in [5, 5.41) is 12.2. The van der Waals surface area contributed by atoms with Crippen molar-refractivity contribution in [2.24, 2.45) is 11.8 Å². The first kappa shape index (κ1) is 18.9. The summed E-state index contributed by atoms with van der Waals surface area (Å²) in [6.07, 6.45) is -4.69. The van der Waals surface area contributed by atoms with Crippen molar-refractivity contribution in [1.29, 1.82) is 0 Å². The zero-order valence-electron chi connectivity index (χ0n) is 14.2. The predicted molar refractivity (Wildman–Crippen MR) is 87.2 cm³/mol. The number of benzene rings is 1. The molecule has 0 bridgehead atoms. The third-order valence-electron chi connectivity index (χ3n) is 4.57. The van der Waals surface area contributed by atoms with Crippen LogP contribution >= 0.6 is 0 Å². The summed E-state index contributed by atoms with van der Waals surface area (Å²) in [6, 6.07) is 6.25. The van der Waals surface area contributed by atoms with Gasteiger partial charge in [-0.3, -0.25) is 4.79 Å². The lowest BCUT2D eigenvalue weighted by Crippen LogP contribution is -2.39. The number of ether oxygens (including phenoxy) is 1. The number of amides is 2. The normalized spacial score (nSPS) is 20.1. The van der Waals surface area contributed by atoms with Crippen molar-refractivity contribution in [1.82, 2.24) is 10.2 Å². The molecule has 3 rings (SSSR count). The van der Waals surface area contributed by atoms with Crippen LogP contribution in [0.5, 0.6) is 5.75 Å². The number of fused-ring (bicyclic) bond motifs is 1. The molecule has 0 saturated carbocycles. The molecule has 10 heteroatoms. The Morgan fingerprint density at radius 1 is 1.33 bits per heavy atom. The summed E-state index contributed by atoms with van der Waals surface area (Å²) < 4.78 is 50.0. The topological polar surface area (TPSA) is 92.0 Å². The van der Waals surface area contributed by atoms with Crippen LogP contribution in [0.2, 0.25) is 0 Å². The van der Waals surface area contributed by atoms with Gasteiger partial charge in [0.1, 0.15) is 5.58 Å². The number of para-hydroxylation sites is 1.